The third-order valence-electron chi connectivity index (χ3n) is 2.02. The van der Waals surface area contributed by atoms with Crippen LogP contribution in [-0.4, -0.2) is 22.3 Å². The summed E-state index contributed by atoms with van der Waals surface area (Å²) in [6.45, 7) is 0. The molecule has 2 rings (SSSR count). The van der Waals surface area contributed by atoms with Crippen molar-refractivity contribution in [3.8, 4) is 11.5 Å². The van der Waals surface area contributed by atoms with Gasteiger partial charge in [0.1, 0.15) is 12.5 Å². The molecule has 2 aromatic rings. The number of oxazole rings is 1. The minimum Gasteiger partial charge on any atom is -0.478 e. The summed E-state index contributed by atoms with van der Waals surface area (Å²) in [6.07, 6.45) is 3.41. The van der Waals surface area contributed by atoms with Gasteiger partial charge in [-0.05, 0) is 18.2 Å². The molecular weight excluding hydrogens is 210 g/mol. The Balaban J connectivity index is 2.58. The van der Waals surface area contributed by atoms with Crippen LogP contribution in [0, 0.1) is 0 Å². The number of nitrogens with zero attached hydrogens (tertiary/aromatic N) is 1. The molecule has 1 aromatic carbocycles. The normalized spacial score (nSPS) is 10.0. The van der Waals surface area contributed by atoms with E-state index >= 15 is 0 Å². The number of benzene rings is 1. The molecule has 0 aliphatic heterocycles. The molecule has 0 fully saturated rings. The number of aromatic nitrogens is 1. The highest BCUT2D eigenvalue weighted by molar-refractivity contribution is 5.92. The van der Waals surface area contributed by atoms with Crippen LogP contribution in [0.4, 0.5) is 0 Å². The summed E-state index contributed by atoms with van der Waals surface area (Å²) in [5.74, 6) is -0.817. The number of aldehydes is 1. The summed E-state index contributed by atoms with van der Waals surface area (Å²) in [6, 6.07) is 4.22. The van der Waals surface area contributed by atoms with Gasteiger partial charge in [0, 0.05) is 11.1 Å². The van der Waals surface area contributed by atoms with Gasteiger partial charge in [-0.25, -0.2) is 9.78 Å². The van der Waals surface area contributed by atoms with E-state index in [0.717, 1.165) is 0 Å². The van der Waals surface area contributed by atoms with Crippen molar-refractivity contribution in [3.05, 3.63) is 41.8 Å². The average molecular weight is 217 g/mol. The predicted molar refractivity (Wildman–Crippen MR) is 54.3 cm³/mol. The van der Waals surface area contributed by atoms with Crippen molar-refractivity contribution in [2.45, 2.75) is 0 Å². The summed E-state index contributed by atoms with van der Waals surface area (Å²) < 4.78 is 5.03. The number of hydrogen-bond acceptors (Lipinski definition) is 4. The van der Waals surface area contributed by atoms with Gasteiger partial charge in [-0.15, -0.1) is 0 Å². The summed E-state index contributed by atoms with van der Waals surface area (Å²) in [5, 5.41) is 8.86. The monoisotopic (exact) mass is 217 g/mol. The van der Waals surface area contributed by atoms with E-state index in [4.69, 9.17) is 9.52 Å². The zero-order valence-corrected chi connectivity index (χ0v) is 8.08. The standard InChI is InChI=1S/C11H7NO4/c13-6-7-3-8(10-12-1-2-16-10)5-9(4-7)11(14)15/h1-6H,(H,14,15). The summed E-state index contributed by atoms with van der Waals surface area (Å²) in [4.78, 5) is 25.4. The lowest BCUT2D eigenvalue weighted by atomic mass is 10.1. The van der Waals surface area contributed by atoms with Gasteiger partial charge in [-0.2, -0.15) is 0 Å². The zero-order chi connectivity index (χ0) is 11.5. The average Bonchev–Trinajstić information content (AvgIpc) is 2.81. The predicted octanol–water partition coefficient (Wildman–Crippen LogP) is 1.85. The Morgan fingerprint density at radius 3 is 2.75 bits per heavy atom. The lowest BCUT2D eigenvalue weighted by Crippen LogP contribution is -1.98. The van der Waals surface area contributed by atoms with E-state index < -0.39 is 5.97 Å². The van der Waals surface area contributed by atoms with Crippen LogP contribution in [0.15, 0.2) is 35.1 Å². The smallest absolute Gasteiger partial charge is 0.335 e. The van der Waals surface area contributed by atoms with E-state index in [1.165, 1.54) is 30.7 Å². The molecule has 0 aliphatic carbocycles. The number of hydrogen-bond donors (Lipinski definition) is 1. The molecule has 0 saturated carbocycles. The second kappa shape index (κ2) is 3.98. The summed E-state index contributed by atoms with van der Waals surface area (Å²) in [7, 11) is 0. The van der Waals surface area contributed by atoms with Gasteiger partial charge in [-0.1, -0.05) is 0 Å². The van der Waals surface area contributed by atoms with Gasteiger partial charge in [0.2, 0.25) is 5.89 Å². The van der Waals surface area contributed by atoms with Crippen LogP contribution in [0.25, 0.3) is 11.5 Å². The van der Waals surface area contributed by atoms with Crippen LogP contribution in [0.1, 0.15) is 20.7 Å². The maximum absolute atomic E-state index is 10.8. The molecule has 0 unspecified atom stereocenters. The molecule has 0 aliphatic rings. The fourth-order valence-electron chi connectivity index (χ4n) is 1.33. The Kier molecular flexibility index (Phi) is 2.51. The SMILES string of the molecule is O=Cc1cc(C(=O)O)cc(-c2ncco2)c1. The van der Waals surface area contributed by atoms with Gasteiger partial charge < -0.3 is 9.52 Å². The van der Waals surface area contributed by atoms with Crippen molar-refractivity contribution in [1.82, 2.24) is 4.98 Å². The van der Waals surface area contributed by atoms with E-state index in [0.29, 0.717) is 11.8 Å². The fraction of sp³-hybridized carbons (Fsp3) is 0. The Hall–Kier alpha value is -2.43. The van der Waals surface area contributed by atoms with E-state index in [9.17, 15) is 9.59 Å². The lowest BCUT2D eigenvalue weighted by molar-refractivity contribution is 0.0697. The molecular formula is C11H7NO4. The number of rotatable bonds is 3. The highest BCUT2D eigenvalue weighted by atomic mass is 16.4. The first-order valence-corrected chi connectivity index (χ1v) is 4.44. The zero-order valence-electron chi connectivity index (χ0n) is 8.08. The molecule has 0 amide bonds. The molecule has 5 nitrogen and oxygen atoms in total. The van der Waals surface area contributed by atoms with Gasteiger partial charge in [-0.3, -0.25) is 4.79 Å². The Bertz CT molecular complexity index is 531. The molecule has 5 heteroatoms. The van der Waals surface area contributed by atoms with Gasteiger partial charge >= 0.3 is 5.97 Å². The molecule has 1 aromatic heterocycles. The molecule has 1 heterocycles. The molecule has 80 valence electrons. The molecule has 0 bridgehead atoms. The van der Waals surface area contributed by atoms with Crippen molar-refractivity contribution in [2.75, 3.05) is 0 Å². The highest BCUT2D eigenvalue weighted by Crippen LogP contribution is 2.20. The van der Waals surface area contributed by atoms with Crippen LogP contribution in [0.3, 0.4) is 0 Å². The third-order valence-corrected chi connectivity index (χ3v) is 2.02. The molecule has 0 radical (unpaired) electrons. The van der Waals surface area contributed by atoms with Crippen molar-refractivity contribution in [1.29, 1.82) is 0 Å². The second-order valence-electron chi connectivity index (χ2n) is 3.10. The van der Waals surface area contributed by atoms with Gasteiger partial charge in [0.05, 0.1) is 11.8 Å². The topological polar surface area (TPSA) is 80.4 Å². The van der Waals surface area contributed by atoms with Crippen LogP contribution < -0.4 is 0 Å². The number of carboxylic acids is 1. The largest absolute Gasteiger partial charge is 0.478 e. The Morgan fingerprint density at radius 1 is 1.38 bits per heavy atom. The maximum atomic E-state index is 10.8. The summed E-state index contributed by atoms with van der Waals surface area (Å²) >= 11 is 0. The Morgan fingerprint density at radius 2 is 2.19 bits per heavy atom. The van der Waals surface area contributed by atoms with Crippen LogP contribution >= 0.6 is 0 Å². The second-order valence-corrected chi connectivity index (χ2v) is 3.10. The molecule has 0 atom stereocenters. The first-order chi connectivity index (χ1) is 7.70. The quantitative estimate of drug-likeness (QED) is 0.793. The van der Waals surface area contributed by atoms with Crippen molar-refractivity contribution >= 4 is 12.3 Å². The first kappa shape index (κ1) is 10.1. The van der Waals surface area contributed by atoms with Crippen LogP contribution in [-0.2, 0) is 0 Å². The molecule has 0 spiro atoms. The number of carboxylic acid groups (broad SMARTS) is 1. The third kappa shape index (κ3) is 1.83. The van der Waals surface area contributed by atoms with Crippen molar-refractivity contribution in [2.24, 2.45) is 0 Å². The van der Waals surface area contributed by atoms with Crippen molar-refractivity contribution < 1.29 is 19.1 Å². The molecule has 0 saturated heterocycles. The number of carbonyl (C=O) groups is 2. The lowest BCUT2D eigenvalue weighted by Gasteiger charge is -2.00. The Labute approximate surface area is 90.3 Å². The molecule has 16 heavy (non-hydrogen) atoms. The minimum absolute atomic E-state index is 0.0257. The van der Waals surface area contributed by atoms with E-state index in [1.54, 1.807) is 0 Å². The fourth-order valence-corrected chi connectivity index (χ4v) is 1.33. The molecule has 1 N–H and O–H groups in total. The van der Waals surface area contributed by atoms with Gasteiger partial charge in [0.25, 0.3) is 0 Å². The maximum Gasteiger partial charge on any atom is 0.335 e. The van der Waals surface area contributed by atoms with Crippen LogP contribution in [0.5, 0.6) is 0 Å². The van der Waals surface area contributed by atoms with Gasteiger partial charge in [0.15, 0.2) is 0 Å². The minimum atomic E-state index is -1.10. The highest BCUT2D eigenvalue weighted by Gasteiger charge is 2.10. The van der Waals surface area contributed by atoms with E-state index in [1.807, 2.05) is 0 Å². The number of carbonyl (C=O) groups excluding carboxylic acids is 1. The summed E-state index contributed by atoms with van der Waals surface area (Å²) in [5.41, 5.74) is 0.762. The number of aromatic carboxylic acids is 1. The van der Waals surface area contributed by atoms with E-state index in [2.05, 4.69) is 4.98 Å². The van der Waals surface area contributed by atoms with E-state index in [-0.39, 0.29) is 17.0 Å². The van der Waals surface area contributed by atoms with Crippen LogP contribution in [0.2, 0.25) is 0 Å². The first-order valence-electron chi connectivity index (χ1n) is 4.44. The van der Waals surface area contributed by atoms with Crippen molar-refractivity contribution in [3.63, 3.8) is 0 Å².